The average Bonchev–Trinajstić information content (AvgIpc) is 2.95. The topological polar surface area (TPSA) is 80.9 Å². The van der Waals surface area contributed by atoms with Gasteiger partial charge in [0, 0.05) is 18.0 Å². The molecule has 1 atom stereocenters. The van der Waals surface area contributed by atoms with E-state index in [1.54, 1.807) is 0 Å². The number of hydrogen-bond donors (Lipinski definition) is 2. The van der Waals surface area contributed by atoms with Crippen molar-refractivity contribution in [3.8, 4) is 10.4 Å². The summed E-state index contributed by atoms with van der Waals surface area (Å²) >= 11 is 0.622. The lowest BCUT2D eigenvalue weighted by atomic mass is 10.1. The Hall–Kier alpha value is -2.37. The van der Waals surface area contributed by atoms with E-state index >= 15 is 0 Å². The molecule has 5 nitrogen and oxygen atoms in total. The monoisotopic (exact) mass is 384 g/mol. The Morgan fingerprint density at radius 2 is 1.84 bits per heavy atom. The molecule has 2 aromatic heterocycles. The Balaban J connectivity index is 2.46. The van der Waals surface area contributed by atoms with Crippen molar-refractivity contribution in [3.63, 3.8) is 0 Å². The van der Waals surface area contributed by atoms with Crippen LogP contribution in [0, 0.1) is 0 Å². The summed E-state index contributed by atoms with van der Waals surface area (Å²) in [6.07, 6.45) is -7.71. The molecule has 12 heteroatoms. The molecule has 0 aromatic carbocycles. The number of hydrogen-bond acceptors (Lipinski definition) is 5. The van der Waals surface area contributed by atoms with Gasteiger partial charge in [-0.2, -0.15) is 26.3 Å². The van der Waals surface area contributed by atoms with E-state index in [4.69, 9.17) is 5.73 Å². The van der Waals surface area contributed by atoms with E-state index < -0.39 is 41.2 Å². The molecule has 0 unspecified atom stereocenters. The number of nitrogens with zero attached hydrogens (tertiary/aromatic N) is 2. The summed E-state index contributed by atoms with van der Waals surface area (Å²) in [7, 11) is 0. The second kappa shape index (κ2) is 6.50. The normalized spacial score (nSPS) is 13.6. The molecule has 136 valence electrons. The highest BCUT2D eigenvalue weighted by atomic mass is 32.1. The molecule has 0 fully saturated rings. The number of pyridine rings is 1. The van der Waals surface area contributed by atoms with Gasteiger partial charge in [0.05, 0.1) is 10.4 Å². The number of alkyl halides is 6. The van der Waals surface area contributed by atoms with Crippen LogP contribution in [0.5, 0.6) is 0 Å². The zero-order valence-corrected chi connectivity index (χ0v) is 13.2. The summed E-state index contributed by atoms with van der Waals surface area (Å²) < 4.78 is 77.4. The number of rotatable bonds is 4. The third-order valence-corrected chi connectivity index (χ3v) is 4.09. The molecule has 2 heterocycles. The van der Waals surface area contributed by atoms with E-state index in [0.29, 0.717) is 17.4 Å². The van der Waals surface area contributed by atoms with Crippen LogP contribution in [-0.4, -0.2) is 28.1 Å². The van der Waals surface area contributed by atoms with Crippen LogP contribution in [0.4, 0.5) is 32.2 Å². The molecule has 0 aliphatic carbocycles. The molecule has 0 aliphatic rings. The molecule has 0 spiro atoms. The lowest BCUT2D eigenvalue weighted by Gasteiger charge is -2.19. The summed E-state index contributed by atoms with van der Waals surface area (Å²) in [5.41, 5.74) is 3.38. The number of amides is 1. The SMILES string of the molecule is C[C@H](Nc1cc(C(F)(F)F)c(-c2cnc(C(N)=O)s2)cn1)C(F)(F)F. The van der Waals surface area contributed by atoms with Crippen LogP contribution in [0.2, 0.25) is 0 Å². The zero-order valence-electron chi connectivity index (χ0n) is 12.4. The number of primary amides is 1. The molecule has 2 rings (SSSR count). The van der Waals surface area contributed by atoms with Crippen molar-refractivity contribution < 1.29 is 31.1 Å². The fraction of sp³-hybridized carbons (Fsp3) is 0.308. The number of nitrogens with two attached hydrogens (primary N) is 1. The molecule has 0 aliphatic heterocycles. The van der Waals surface area contributed by atoms with Crippen molar-refractivity contribution in [3.05, 3.63) is 29.0 Å². The van der Waals surface area contributed by atoms with Crippen LogP contribution in [0.15, 0.2) is 18.5 Å². The smallest absolute Gasteiger partial charge is 0.364 e. The maximum Gasteiger partial charge on any atom is 0.417 e. The average molecular weight is 384 g/mol. The molecule has 3 N–H and O–H groups in total. The molecule has 2 aromatic rings. The third kappa shape index (κ3) is 4.38. The van der Waals surface area contributed by atoms with Gasteiger partial charge in [-0.05, 0) is 13.0 Å². The Labute approximate surface area is 140 Å². The molecular formula is C13H10F6N4OS. The van der Waals surface area contributed by atoms with Gasteiger partial charge >= 0.3 is 12.4 Å². The van der Waals surface area contributed by atoms with Gasteiger partial charge in [0.15, 0.2) is 5.01 Å². The van der Waals surface area contributed by atoms with Gasteiger partial charge in [0.25, 0.3) is 5.91 Å². The summed E-state index contributed by atoms with van der Waals surface area (Å²) in [4.78, 5) is 18.2. The maximum atomic E-state index is 13.3. The van der Waals surface area contributed by atoms with Crippen LogP contribution in [0.3, 0.4) is 0 Å². The van der Waals surface area contributed by atoms with Crippen molar-refractivity contribution in [2.75, 3.05) is 5.32 Å². The summed E-state index contributed by atoms with van der Waals surface area (Å²) in [5, 5.41) is 1.68. The molecule has 25 heavy (non-hydrogen) atoms. The second-order valence-corrected chi connectivity index (χ2v) is 5.95. The standard InChI is InChI=1S/C13H10F6N4OS/c1-5(12(14,15)16)23-9-2-7(13(17,18)19)6(3-21-9)8-4-22-11(25-8)10(20)24/h2-5H,1H3,(H2,20,24)(H,21,23)/t5-/m0/s1. The largest absolute Gasteiger partial charge is 0.417 e. The Kier molecular flexibility index (Phi) is 4.93. The molecular weight excluding hydrogens is 374 g/mol. The second-order valence-electron chi connectivity index (χ2n) is 4.91. The fourth-order valence-corrected chi connectivity index (χ4v) is 2.57. The van der Waals surface area contributed by atoms with Crippen molar-refractivity contribution >= 4 is 23.1 Å². The van der Waals surface area contributed by atoms with E-state index in [0.717, 1.165) is 19.3 Å². The Morgan fingerprint density at radius 3 is 2.32 bits per heavy atom. The van der Waals surface area contributed by atoms with Crippen LogP contribution >= 0.6 is 11.3 Å². The lowest BCUT2D eigenvalue weighted by molar-refractivity contribution is -0.138. The third-order valence-electron chi connectivity index (χ3n) is 3.05. The van der Waals surface area contributed by atoms with E-state index in [-0.39, 0.29) is 9.88 Å². The lowest BCUT2D eigenvalue weighted by Crippen LogP contribution is -2.33. The predicted octanol–water partition coefficient (Wildman–Crippen LogP) is 3.69. The first-order chi connectivity index (χ1) is 11.4. The molecule has 0 saturated carbocycles. The predicted molar refractivity (Wildman–Crippen MR) is 78.0 cm³/mol. The van der Waals surface area contributed by atoms with Gasteiger partial charge in [-0.25, -0.2) is 9.97 Å². The number of carbonyl (C=O) groups is 1. The molecule has 1 amide bonds. The number of thiazole rings is 1. The van der Waals surface area contributed by atoms with Crippen LogP contribution in [-0.2, 0) is 6.18 Å². The summed E-state index contributed by atoms with van der Waals surface area (Å²) in [6, 6.07) is -1.61. The zero-order chi connectivity index (χ0) is 19.0. The van der Waals surface area contributed by atoms with E-state index in [9.17, 15) is 31.1 Å². The van der Waals surface area contributed by atoms with Gasteiger partial charge in [-0.3, -0.25) is 4.79 Å². The van der Waals surface area contributed by atoms with Gasteiger partial charge in [0.2, 0.25) is 0 Å². The van der Waals surface area contributed by atoms with Crippen LogP contribution in [0.25, 0.3) is 10.4 Å². The van der Waals surface area contributed by atoms with Gasteiger partial charge in [0.1, 0.15) is 11.9 Å². The first kappa shape index (κ1) is 19.0. The van der Waals surface area contributed by atoms with E-state index in [1.165, 1.54) is 0 Å². The van der Waals surface area contributed by atoms with Crippen molar-refractivity contribution in [1.82, 2.24) is 9.97 Å². The molecule has 0 radical (unpaired) electrons. The number of aromatic nitrogens is 2. The minimum Gasteiger partial charge on any atom is -0.364 e. The summed E-state index contributed by atoms with van der Waals surface area (Å²) in [6.45, 7) is 0.755. The Morgan fingerprint density at radius 1 is 1.20 bits per heavy atom. The van der Waals surface area contributed by atoms with E-state index in [2.05, 4.69) is 9.97 Å². The Bertz CT molecular complexity index is 786. The van der Waals surface area contributed by atoms with Crippen molar-refractivity contribution in [1.29, 1.82) is 0 Å². The fourth-order valence-electron chi connectivity index (χ4n) is 1.78. The number of anilines is 1. The van der Waals surface area contributed by atoms with Crippen molar-refractivity contribution in [2.24, 2.45) is 5.73 Å². The van der Waals surface area contributed by atoms with Crippen molar-refractivity contribution in [2.45, 2.75) is 25.3 Å². The number of nitrogens with one attached hydrogen (secondary N) is 1. The van der Waals surface area contributed by atoms with Gasteiger partial charge < -0.3 is 11.1 Å². The maximum absolute atomic E-state index is 13.3. The highest BCUT2D eigenvalue weighted by Crippen LogP contribution is 2.39. The highest BCUT2D eigenvalue weighted by Gasteiger charge is 2.38. The van der Waals surface area contributed by atoms with E-state index in [1.807, 2.05) is 5.32 Å². The van der Waals surface area contributed by atoms with Gasteiger partial charge in [-0.15, -0.1) is 11.3 Å². The highest BCUT2D eigenvalue weighted by molar-refractivity contribution is 7.17. The number of carbonyl (C=O) groups excluding carboxylic acids is 1. The minimum atomic E-state index is -4.85. The number of halogens is 6. The quantitative estimate of drug-likeness (QED) is 0.788. The van der Waals surface area contributed by atoms with Crippen LogP contribution in [0.1, 0.15) is 22.3 Å². The minimum absolute atomic E-state index is 0.0379. The first-order valence-electron chi connectivity index (χ1n) is 6.56. The molecule has 0 saturated heterocycles. The molecule has 0 bridgehead atoms. The van der Waals surface area contributed by atoms with Crippen LogP contribution < -0.4 is 11.1 Å². The first-order valence-corrected chi connectivity index (χ1v) is 7.37. The summed E-state index contributed by atoms with van der Waals surface area (Å²) in [5.74, 6) is -1.49. The van der Waals surface area contributed by atoms with Gasteiger partial charge in [-0.1, -0.05) is 0 Å².